The number of fused-ring (bicyclic) bond motifs is 13. The third-order valence-electron chi connectivity index (χ3n) is 22.0. The smallest absolute Gasteiger partial charge is 0.0547 e. The Labute approximate surface area is 607 Å². The molecule has 0 atom stereocenters. The molecule has 0 radical (unpaired) electrons. The molecule has 21 aromatic rings. The van der Waals surface area contributed by atoms with Gasteiger partial charge < -0.3 is 18.3 Å². The van der Waals surface area contributed by atoms with Crippen molar-refractivity contribution in [2.24, 2.45) is 0 Å². The number of hydrogen-bond acceptors (Lipinski definition) is 0. The van der Waals surface area contributed by atoms with E-state index >= 15 is 0 Å². The van der Waals surface area contributed by atoms with Crippen LogP contribution in [0.1, 0.15) is 5.56 Å². The van der Waals surface area contributed by atoms with E-state index < -0.39 is 0 Å². The number of rotatable bonds is 11. The van der Waals surface area contributed by atoms with E-state index in [4.69, 9.17) is 0 Å². The molecule has 4 aromatic heterocycles. The third kappa shape index (κ3) is 9.98. The molecule has 4 nitrogen and oxygen atoms in total. The van der Waals surface area contributed by atoms with Gasteiger partial charge in [-0.15, -0.1) is 0 Å². The predicted octanol–water partition coefficient (Wildman–Crippen LogP) is 27.2. The maximum absolute atomic E-state index is 2.48. The minimum atomic E-state index is 1.10. The summed E-state index contributed by atoms with van der Waals surface area (Å²) in [6.45, 7) is 2.22. The standard InChI is InChI=1S/C101H66N4/c1-65-54-79(74-46-52-96-89(61-74)85-31-14-17-34-94(85)102(96)81-25-7-3-8-26-81)57-80(55-65)75-47-53-99-90(62-75)86-32-15-18-35-95(86)105(99)93-33-16-13-30-84(93)78-24-19-29-83(58-78)104-98-51-45-73(60-92(98)88-48-42-76(63-101(88)104)66-20-5-2-6-21-66)69-38-36-68(37-39-69)72-44-50-97-91(59-72)87-49-43-77(64-100(87)103(97)82-27-9-4-10-28-82)71-41-40-67-22-11-12-23-70(67)56-71/h2-64H,1H3. The number of aryl methyl sites for hydroxylation is 1. The monoisotopic (exact) mass is 1330 g/mol. The van der Waals surface area contributed by atoms with Crippen molar-refractivity contribution in [3.05, 3.63) is 388 Å². The van der Waals surface area contributed by atoms with Crippen molar-refractivity contribution >= 4 is 98.0 Å². The second-order valence-corrected chi connectivity index (χ2v) is 28.1. The fourth-order valence-corrected chi connectivity index (χ4v) is 17.0. The van der Waals surface area contributed by atoms with E-state index in [1.54, 1.807) is 0 Å². The highest BCUT2D eigenvalue weighted by molar-refractivity contribution is 6.15. The minimum Gasteiger partial charge on any atom is -0.309 e. The summed E-state index contributed by atoms with van der Waals surface area (Å²) in [6.07, 6.45) is 0. The summed E-state index contributed by atoms with van der Waals surface area (Å²) in [4.78, 5) is 0. The molecule has 0 aliphatic rings. The highest BCUT2D eigenvalue weighted by Crippen LogP contribution is 2.45. The van der Waals surface area contributed by atoms with Crippen LogP contribution in [-0.2, 0) is 0 Å². The molecule has 490 valence electrons. The first-order chi connectivity index (χ1) is 51.9. The molecule has 0 N–H and O–H groups in total. The molecule has 21 rings (SSSR count). The van der Waals surface area contributed by atoms with Crippen LogP contribution in [0, 0.1) is 6.92 Å². The second kappa shape index (κ2) is 24.2. The summed E-state index contributed by atoms with van der Waals surface area (Å²) >= 11 is 0. The lowest BCUT2D eigenvalue weighted by Gasteiger charge is -2.16. The van der Waals surface area contributed by atoms with E-state index in [0.29, 0.717) is 0 Å². The molecular formula is C101H66N4. The van der Waals surface area contributed by atoms with Crippen molar-refractivity contribution in [3.63, 3.8) is 0 Å². The van der Waals surface area contributed by atoms with E-state index in [0.717, 1.165) is 50.4 Å². The SMILES string of the molecule is Cc1cc(-c2ccc3c(c2)c2ccccc2n3-c2ccccc2)cc(-c2ccc3c(c2)c2ccccc2n3-c2ccccc2-c2cccc(-n3c4ccc(-c5ccc(-c6ccc7c(c6)c6ccc(-c8ccc9ccccc9c8)cc6n7-c6ccccc6)cc5)cc4c4ccc(-c5ccccc5)cc43)c2)c1. The van der Waals surface area contributed by atoms with Gasteiger partial charge >= 0.3 is 0 Å². The number of para-hydroxylation sites is 5. The fourth-order valence-electron chi connectivity index (χ4n) is 17.0. The molecule has 0 saturated carbocycles. The molecular weight excluding hydrogens is 1270 g/mol. The van der Waals surface area contributed by atoms with E-state index in [-0.39, 0.29) is 0 Å². The van der Waals surface area contributed by atoms with E-state index in [1.165, 1.54) is 154 Å². The first-order valence-electron chi connectivity index (χ1n) is 36.3. The van der Waals surface area contributed by atoms with Gasteiger partial charge in [0.15, 0.2) is 0 Å². The Bertz CT molecular complexity index is 7070. The van der Waals surface area contributed by atoms with Crippen LogP contribution in [0.4, 0.5) is 0 Å². The lowest BCUT2D eigenvalue weighted by molar-refractivity contribution is 1.17. The van der Waals surface area contributed by atoms with Gasteiger partial charge in [0.1, 0.15) is 0 Å². The summed E-state index contributed by atoms with van der Waals surface area (Å²) < 4.78 is 9.77. The molecule has 4 heteroatoms. The maximum atomic E-state index is 2.48. The Balaban J connectivity index is 0.631. The number of nitrogens with zero attached hydrogens (tertiary/aromatic N) is 4. The third-order valence-corrected chi connectivity index (χ3v) is 22.0. The Morgan fingerprint density at radius 3 is 1.09 bits per heavy atom. The normalized spacial score (nSPS) is 11.9. The van der Waals surface area contributed by atoms with Gasteiger partial charge in [0.05, 0.1) is 49.8 Å². The first kappa shape index (κ1) is 60.0. The zero-order chi connectivity index (χ0) is 69.2. The molecule has 0 aliphatic carbocycles. The topological polar surface area (TPSA) is 19.7 Å². The summed E-state index contributed by atoms with van der Waals surface area (Å²) in [5.74, 6) is 0. The molecule has 0 fully saturated rings. The molecule has 0 amide bonds. The lowest BCUT2D eigenvalue weighted by atomic mass is 9.95. The Hall–Kier alpha value is -13.8. The van der Waals surface area contributed by atoms with Crippen LogP contribution >= 0.6 is 0 Å². The van der Waals surface area contributed by atoms with Crippen molar-refractivity contribution < 1.29 is 0 Å². The van der Waals surface area contributed by atoms with Crippen LogP contribution < -0.4 is 0 Å². The van der Waals surface area contributed by atoms with Crippen molar-refractivity contribution in [1.29, 1.82) is 0 Å². The van der Waals surface area contributed by atoms with Gasteiger partial charge in [-0.3, -0.25) is 0 Å². The van der Waals surface area contributed by atoms with Crippen LogP contribution in [0.25, 0.3) is 199 Å². The van der Waals surface area contributed by atoms with E-state index in [1.807, 2.05) is 0 Å². The molecule has 0 unspecified atom stereocenters. The van der Waals surface area contributed by atoms with Gasteiger partial charge in [0.25, 0.3) is 0 Å². The number of hydrogen-bond donors (Lipinski definition) is 0. The van der Waals surface area contributed by atoms with Crippen LogP contribution in [-0.4, -0.2) is 18.3 Å². The average Bonchev–Trinajstić information content (AvgIpc) is 1.58. The molecule has 0 saturated heterocycles. The zero-order valence-corrected chi connectivity index (χ0v) is 57.7. The van der Waals surface area contributed by atoms with E-state index in [9.17, 15) is 0 Å². The Morgan fingerprint density at radius 1 is 0.162 bits per heavy atom. The minimum absolute atomic E-state index is 1.10. The Kier molecular flexibility index (Phi) is 13.8. The molecule has 0 aliphatic heterocycles. The summed E-state index contributed by atoms with van der Waals surface area (Å²) in [5, 5.41) is 12.3. The van der Waals surface area contributed by atoms with Gasteiger partial charge in [-0.25, -0.2) is 0 Å². The maximum Gasteiger partial charge on any atom is 0.0547 e. The lowest BCUT2D eigenvalue weighted by Crippen LogP contribution is -1.98. The predicted molar refractivity (Wildman–Crippen MR) is 444 cm³/mol. The molecule has 105 heavy (non-hydrogen) atoms. The van der Waals surface area contributed by atoms with Crippen LogP contribution in [0.3, 0.4) is 0 Å². The molecule has 4 heterocycles. The summed E-state index contributed by atoms with van der Waals surface area (Å²) in [6, 6.07) is 142. The van der Waals surface area contributed by atoms with Crippen molar-refractivity contribution in [2.45, 2.75) is 6.92 Å². The van der Waals surface area contributed by atoms with Gasteiger partial charge in [-0.05, 0) is 223 Å². The Morgan fingerprint density at radius 2 is 0.514 bits per heavy atom. The van der Waals surface area contributed by atoms with Gasteiger partial charge in [0, 0.05) is 65.7 Å². The highest BCUT2D eigenvalue weighted by atomic mass is 15.0. The molecule has 0 bridgehead atoms. The van der Waals surface area contributed by atoms with Crippen molar-refractivity contribution in [2.75, 3.05) is 0 Å². The molecule has 17 aromatic carbocycles. The second-order valence-electron chi connectivity index (χ2n) is 28.1. The highest BCUT2D eigenvalue weighted by Gasteiger charge is 2.22. The zero-order valence-electron chi connectivity index (χ0n) is 57.7. The van der Waals surface area contributed by atoms with Crippen LogP contribution in [0.15, 0.2) is 382 Å². The van der Waals surface area contributed by atoms with Crippen LogP contribution in [0.5, 0.6) is 0 Å². The molecule has 0 spiro atoms. The number of benzene rings is 17. The van der Waals surface area contributed by atoms with Crippen molar-refractivity contribution in [3.8, 4) is 101 Å². The van der Waals surface area contributed by atoms with E-state index in [2.05, 4.69) is 407 Å². The summed E-state index contributed by atoms with van der Waals surface area (Å²) in [5.41, 5.74) is 31.7. The largest absolute Gasteiger partial charge is 0.309 e. The summed E-state index contributed by atoms with van der Waals surface area (Å²) in [7, 11) is 0. The average molecular weight is 1340 g/mol. The van der Waals surface area contributed by atoms with Crippen molar-refractivity contribution in [1.82, 2.24) is 18.3 Å². The first-order valence-corrected chi connectivity index (χ1v) is 36.3. The number of aromatic nitrogens is 4. The fraction of sp³-hybridized carbons (Fsp3) is 0.00990. The van der Waals surface area contributed by atoms with Gasteiger partial charge in [0.2, 0.25) is 0 Å². The quantitative estimate of drug-likeness (QED) is 0.123. The van der Waals surface area contributed by atoms with Gasteiger partial charge in [-0.1, -0.05) is 255 Å². The van der Waals surface area contributed by atoms with Crippen LogP contribution in [0.2, 0.25) is 0 Å². The van der Waals surface area contributed by atoms with Gasteiger partial charge in [-0.2, -0.15) is 0 Å².